The first-order chi connectivity index (χ1) is 2.73. The molecular formula is C3H9ClHfN. The van der Waals surface area contributed by atoms with Crippen LogP contribution in [0, 0.1) is 0 Å². The van der Waals surface area contributed by atoms with Crippen molar-refractivity contribution < 1.29 is 23.2 Å². The molecule has 0 aromatic carbocycles. The Morgan fingerprint density at radius 2 is 1.17 bits per heavy atom. The van der Waals surface area contributed by atoms with Gasteiger partial charge in [-0.05, 0) is 21.1 Å². The van der Waals surface area contributed by atoms with Crippen LogP contribution in [0.2, 0.25) is 0 Å². The molecule has 0 aromatic heterocycles. The van der Waals surface area contributed by atoms with Gasteiger partial charge in [-0.25, -0.2) is 0 Å². The van der Waals surface area contributed by atoms with Crippen molar-refractivity contribution in [3.05, 3.63) is 0 Å². The minimum absolute atomic E-state index is 0.778. The topological polar surface area (TPSA) is 3.24 Å². The molecule has 37 valence electrons. The van der Waals surface area contributed by atoms with Crippen LogP contribution in [0.3, 0.4) is 0 Å². The summed E-state index contributed by atoms with van der Waals surface area (Å²) < 4.78 is 0. The molecule has 0 aromatic rings. The Morgan fingerprint density at radius 3 is 1.17 bits per heavy atom. The Morgan fingerprint density at radius 1 is 1.17 bits per heavy atom. The Kier molecular flexibility index (Phi) is 16.0. The van der Waals surface area contributed by atoms with E-state index in [0.29, 0.717) is 0 Å². The van der Waals surface area contributed by atoms with Crippen LogP contribution in [0.5, 0.6) is 0 Å². The number of nitrogens with zero attached hydrogens (tertiary/aromatic N) is 1. The average Bonchev–Trinajstić information content (AvgIpc) is 1.41. The maximum atomic E-state index is 4.78. The molecule has 0 amide bonds. The van der Waals surface area contributed by atoms with Crippen molar-refractivity contribution in [1.29, 1.82) is 0 Å². The molecule has 3 heteroatoms. The van der Waals surface area contributed by atoms with Crippen molar-refractivity contribution in [2.75, 3.05) is 21.1 Å². The van der Waals surface area contributed by atoms with Crippen molar-refractivity contribution in [3.8, 4) is 0 Å². The van der Waals surface area contributed by atoms with Gasteiger partial charge in [0.25, 0.3) is 0 Å². The van der Waals surface area contributed by atoms with Gasteiger partial charge in [0.1, 0.15) is 0 Å². The van der Waals surface area contributed by atoms with E-state index in [1.807, 2.05) is 26.0 Å². The van der Waals surface area contributed by atoms with Gasteiger partial charge in [0.15, 0.2) is 0 Å². The molecule has 0 saturated heterocycles. The molecule has 0 aliphatic rings. The normalized spacial score (nSPS) is 6.67. The molecule has 0 spiro atoms. The van der Waals surface area contributed by atoms with Crippen LogP contribution in [0.1, 0.15) is 0 Å². The molecule has 0 bridgehead atoms. The molecule has 1 nitrogen and oxygen atoms in total. The van der Waals surface area contributed by atoms with E-state index >= 15 is 0 Å². The quantitative estimate of drug-likeness (QED) is 0.592. The molecule has 0 heterocycles. The fourth-order valence-electron chi connectivity index (χ4n) is 0. The Hall–Kier alpha value is 1.12. The van der Waals surface area contributed by atoms with Gasteiger partial charge >= 0.3 is 31.8 Å². The standard InChI is InChI=1S/C3H9N.ClH.Hf/c1-4(2)3;;/h1-3H3;1H;/q;;+1/p-1. The zero-order valence-corrected chi connectivity index (χ0v) is 8.67. The Bertz CT molecular complexity index is 15.5. The van der Waals surface area contributed by atoms with E-state index in [1.54, 1.807) is 0 Å². The molecule has 0 N–H and O–H groups in total. The first-order valence-corrected chi connectivity index (χ1v) is 5.98. The number of hydrogen-bond donors (Lipinski definition) is 0. The van der Waals surface area contributed by atoms with Gasteiger partial charge < -0.3 is 4.90 Å². The zero-order chi connectivity index (χ0) is 5.58. The molecule has 6 heavy (non-hydrogen) atoms. The van der Waals surface area contributed by atoms with Gasteiger partial charge in [0.2, 0.25) is 0 Å². The summed E-state index contributed by atoms with van der Waals surface area (Å²) in [6, 6.07) is 0. The molecule has 0 rings (SSSR count). The molecule has 0 unspecified atom stereocenters. The molecule has 0 aliphatic heterocycles. The van der Waals surface area contributed by atoms with Crippen LogP contribution in [-0.4, -0.2) is 26.0 Å². The summed E-state index contributed by atoms with van der Waals surface area (Å²) in [4.78, 5) is 2.00. The van der Waals surface area contributed by atoms with E-state index in [2.05, 4.69) is 0 Å². The van der Waals surface area contributed by atoms with E-state index in [0.717, 1.165) is 23.2 Å². The Balaban J connectivity index is 0. The maximum absolute atomic E-state index is 4.78. The number of rotatable bonds is 0. The molecule has 0 fully saturated rings. The minimum atomic E-state index is 0.778. The number of hydrogen-bond acceptors (Lipinski definition) is 1. The molecule has 0 saturated carbocycles. The summed E-state index contributed by atoms with van der Waals surface area (Å²) in [6.45, 7) is 0. The molecule has 0 atom stereocenters. The second-order valence-electron chi connectivity index (χ2n) is 1.34. The van der Waals surface area contributed by atoms with E-state index in [4.69, 9.17) is 8.58 Å². The van der Waals surface area contributed by atoms with Gasteiger partial charge in [-0.2, -0.15) is 0 Å². The third kappa shape index (κ3) is 69.3. The summed E-state index contributed by atoms with van der Waals surface area (Å²) in [5, 5.41) is 0. The van der Waals surface area contributed by atoms with Gasteiger partial charge in [0.05, 0.1) is 0 Å². The zero-order valence-electron chi connectivity index (χ0n) is 4.33. The first kappa shape index (κ1) is 10.2. The fourth-order valence-corrected chi connectivity index (χ4v) is 0. The molecule has 0 radical (unpaired) electrons. The van der Waals surface area contributed by atoms with Crippen LogP contribution in [0.15, 0.2) is 0 Å². The van der Waals surface area contributed by atoms with Gasteiger partial charge in [-0.15, -0.1) is 0 Å². The first-order valence-electron chi connectivity index (χ1n) is 1.53. The summed E-state index contributed by atoms with van der Waals surface area (Å²) in [5.41, 5.74) is 0. The number of halogens is 1. The van der Waals surface area contributed by atoms with Crippen LogP contribution < -0.4 is 0 Å². The van der Waals surface area contributed by atoms with Crippen LogP contribution in [0.4, 0.5) is 0 Å². The van der Waals surface area contributed by atoms with Crippen molar-refractivity contribution in [1.82, 2.24) is 4.90 Å². The van der Waals surface area contributed by atoms with Gasteiger partial charge in [0, 0.05) is 0 Å². The van der Waals surface area contributed by atoms with E-state index in [9.17, 15) is 0 Å². The fraction of sp³-hybridized carbons (Fsp3) is 1.00. The van der Waals surface area contributed by atoms with E-state index in [1.165, 1.54) is 0 Å². The summed E-state index contributed by atoms with van der Waals surface area (Å²) in [5.74, 6) is 0. The van der Waals surface area contributed by atoms with Crippen molar-refractivity contribution in [2.45, 2.75) is 0 Å². The third-order valence-corrected chi connectivity index (χ3v) is 0. The van der Waals surface area contributed by atoms with Crippen LogP contribution in [-0.2, 0) is 23.2 Å². The van der Waals surface area contributed by atoms with E-state index in [-0.39, 0.29) is 0 Å². The Labute approximate surface area is 57.8 Å². The molecular weight excluding hydrogens is 264 g/mol. The van der Waals surface area contributed by atoms with Crippen molar-refractivity contribution in [2.24, 2.45) is 0 Å². The predicted molar refractivity (Wildman–Crippen MR) is 25.5 cm³/mol. The van der Waals surface area contributed by atoms with Crippen molar-refractivity contribution >= 4 is 8.58 Å². The van der Waals surface area contributed by atoms with Crippen LogP contribution in [0.25, 0.3) is 0 Å². The third-order valence-electron chi connectivity index (χ3n) is 0. The second kappa shape index (κ2) is 9.45. The SMILES string of the molecule is CN(C)C.[Cl][Hf]. The van der Waals surface area contributed by atoms with Crippen LogP contribution >= 0.6 is 8.58 Å². The average molecular weight is 273 g/mol. The summed E-state index contributed by atoms with van der Waals surface area (Å²) in [6.07, 6.45) is 0. The van der Waals surface area contributed by atoms with Gasteiger partial charge in [-0.1, -0.05) is 0 Å². The second-order valence-corrected chi connectivity index (χ2v) is 1.34. The summed E-state index contributed by atoms with van der Waals surface area (Å²) in [7, 11) is 10.8. The van der Waals surface area contributed by atoms with Gasteiger partial charge in [-0.3, -0.25) is 0 Å². The predicted octanol–water partition coefficient (Wildman–Crippen LogP) is 0.865. The molecule has 0 aliphatic carbocycles. The monoisotopic (exact) mass is 274 g/mol. The van der Waals surface area contributed by atoms with E-state index < -0.39 is 0 Å². The van der Waals surface area contributed by atoms with Crippen molar-refractivity contribution in [3.63, 3.8) is 0 Å². The summed E-state index contributed by atoms with van der Waals surface area (Å²) >= 11 is 0.778.